The number of halogens is 3. The Bertz CT molecular complexity index is 1620. The van der Waals surface area contributed by atoms with Crippen molar-refractivity contribution >= 4 is 62.1 Å². The number of rotatable bonds is 5. The van der Waals surface area contributed by atoms with Gasteiger partial charge in [-0.25, -0.2) is 13.8 Å². The largest absolute Gasteiger partial charge is 0.277 e. The van der Waals surface area contributed by atoms with Crippen LogP contribution < -0.4 is 0 Å². The number of nitriles is 1. The smallest absolute Gasteiger partial charge is 0.265 e. The normalized spacial score (nSPS) is 22.9. The number of piperidine rings is 1. The van der Waals surface area contributed by atoms with Gasteiger partial charge in [0, 0.05) is 35.0 Å². The van der Waals surface area contributed by atoms with Gasteiger partial charge in [-0.1, -0.05) is 13.8 Å². The maximum absolute atomic E-state index is 13.6. The number of hydrogen-bond donors (Lipinski definition) is 0. The highest BCUT2D eigenvalue weighted by Crippen LogP contribution is 2.63. The van der Waals surface area contributed by atoms with Crippen LogP contribution in [0.1, 0.15) is 53.3 Å². The first kappa shape index (κ1) is 26.2. The highest BCUT2D eigenvalue weighted by atomic mass is 127. The Morgan fingerprint density at radius 3 is 2.51 bits per heavy atom. The van der Waals surface area contributed by atoms with Crippen LogP contribution in [0.4, 0.5) is 8.78 Å². The molecule has 8 nitrogen and oxygen atoms in total. The fourth-order valence-electron chi connectivity index (χ4n) is 5.87. The Morgan fingerprint density at radius 2 is 1.90 bits per heavy atom. The number of thiophene rings is 1. The average Bonchev–Trinajstić information content (AvgIpc) is 3.11. The van der Waals surface area contributed by atoms with Gasteiger partial charge >= 0.3 is 0 Å². The predicted molar refractivity (Wildman–Crippen MR) is 147 cm³/mol. The molecule has 4 heterocycles. The van der Waals surface area contributed by atoms with E-state index in [1.165, 1.54) is 25.4 Å². The van der Waals surface area contributed by atoms with E-state index >= 15 is 0 Å². The van der Waals surface area contributed by atoms with Crippen LogP contribution in [0.2, 0.25) is 0 Å². The van der Waals surface area contributed by atoms with E-state index in [9.17, 15) is 28.4 Å². The molecule has 2 saturated carbocycles. The number of aromatic nitrogens is 2. The van der Waals surface area contributed by atoms with Crippen LogP contribution in [0.5, 0.6) is 0 Å². The van der Waals surface area contributed by atoms with Crippen molar-refractivity contribution in [2.45, 2.75) is 52.1 Å². The van der Waals surface area contributed by atoms with Crippen molar-refractivity contribution in [3.63, 3.8) is 0 Å². The van der Waals surface area contributed by atoms with Crippen LogP contribution in [0.3, 0.4) is 0 Å². The first-order valence-corrected chi connectivity index (χ1v) is 14.1. The Morgan fingerprint density at radius 1 is 1.23 bits per heavy atom. The second-order valence-electron chi connectivity index (χ2n) is 11.0. The zero-order valence-electron chi connectivity index (χ0n) is 21.2. The summed E-state index contributed by atoms with van der Waals surface area (Å²) < 4.78 is 29.1. The molecule has 0 aromatic carbocycles. The second-order valence-corrected chi connectivity index (χ2v) is 13.2. The van der Waals surface area contributed by atoms with Crippen molar-refractivity contribution < 1.29 is 23.2 Å². The number of pyridine rings is 2. The molecule has 0 radical (unpaired) electrons. The zero-order valence-corrected chi connectivity index (χ0v) is 24.1. The first-order chi connectivity index (χ1) is 18.3. The van der Waals surface area contributed by atoms with Crippen LogP contribution in [-0.4, -0.2) is 47.7 Å². The number of likely N-dealkylation sites (tertiary alicyclic amines) is 1. The average molecular weight is 661 g/mol. The quantitative estimate of drug-likeness (QED) is 0.210. The molecule has 1 aliphatic heterocycles. The number of carbonyl (C=O) groups excluding carboxylic acids is 3. The van der Waals surface area contributed by atoms with E-state index in [1.807, 2.05) is 26.0 Å². The van der Waals surface area contributed by atoms with Crippen LogP contribution in [0.25, 0.3) is 21.3 Å². The van der Waals surface area contributed by atoms with Crippen LogP contribution in [-0.2, 0) is 16.1 Å². The third-order valence-corrected chi connectivity index (χ3v) is 10.4. The molecule has 0 N–H and O–H groups in total. The predicted octanol–water partition coefficient (Wildman–Crippen LogP) is 5.27. The molecule has 0 bridgehead atoms. The SMILES string of the molecule is Cc1nc(C#N)cc(-c2ccnc3cc(CN4C(=O)C5C(C4=O)C5(C)C)sc23)c1C(=O)N(I)C1CC(F)(F)C1. The number of amides is 3. The monoisotopic (exact) mass is 661 g/mol. The molecule has 200 valence electrons. The van der Waals surface area contributed by atoms with Crippen LogP contribution in [0, 0.1) is 35.5 Å². The van der Waals surface area contributed by atoms with E-state index in [4.69, 9.17) is 0 Å². The summed E-state index contributed by atoms with van der Waals surface area (Å²) in [7, 11) is 0. The van der Waals surface area contributed by atoms with Gasteiger partial charge in [0.15, 0.2) is 0 Å². The summed E-state index contributed by atoms with van der Waals surface area (Å²) in [6, 6.07) is 6.50. The number of imide groups is 1. The molecule has 12 heteroatoms. The van der Waals surface area contributed by atoms with Gasteiger partial charge in [0.1, 0.15) is 11.8 Å². The molecule has 3 amide bonds. The molecule has 2 aliphatic carbocycles. The lowest BCUT2D eigenvalue weighted by molar-refractivity contribution is -0.143. The molecule has 2 unspecified atom stereocenters. The van der Waals surface area contributed by atoms with Gasteiger partial charge in [-0.2, -0.15) is 5.26 Å². The molecule has 39 heavy (non-hydrogen) atoms. The molecular formula is C27H22F2IN5O3S. The van der Waals surface area contributed by atoms with Gasteiger partial charge in [-0.15, -0.1) is 11.3 Å². The summed E-state index contributed by atoms with van der Waals surface area (Å²) in [6.45, 7) is 5.63. The zero-order chi connectivity index (χ0) is 28.0. The minimum absolute atomic E-state index is 0.117. The van der Waals surface area contributed by atoms with Crippen molar-refractivity contribution in [3.05, 3.63) is 46.2 Å². The van der Waals surface area contributed by atoms with E-state index in [0.717, 1.165) is 9.58 Å². The minimum atomic E-state index is -2.78. The second kappa shape index (κ2) is 8.72. The van der Waals surface area contributed by atoms with Crippen molar-refractivity contribution in [1.82, 2.24) is 18.0 Å². The van der Waals surface area contributed by atoms with Gasteiger partial charge < -0.3 is 0 Å². The third kappa shape index (κ3) is 4.04. The number of nitrogens with zero attached hydrogens (tertiary/aromatic N) is 5. The Labute approximate surface area is 240 Å². The van der Waals surface area contributed by atoms with E-state index in [0.29, 0.717) is 22.3 Å². The van der Waals surface area contributed by atoms with Gasteiger partial charge in [0.25, 0.3) is 11.8 Å². The maximum atomic E-state index is 13.6. The first-order valence-electron chi connectivity index (χ1n) is 12.4. The number of hydrogen-bond acceptors (Lipinski definition) is 7. The van der Waals surface area contributed by atoms with E-state index in [1.54, 1.807) is 42.1 Å². The van der Waals surface area contributed by atoms with Gasteiger partial charge in [0.2, 0.25) is 11.8 Å². The highest BCUT2D eigenvalue weighted by Gasteiger charge is 2.72. The van der Waals surface area contributed by atoms with Gasteiger partial charge in [-0.3, -0.25) is 27.4 Å². The standard InChI is InChI=1S/C27H22F2IN5O3S/c1-12-19(23(36)35(30)14-8-27(28,29)9-14)17(6-13(10-31)33-12)16-4-5-32-18-7-15(39-22(16)18)11-34-24(37)20-21(25(34)38)26(20,2)3/h4-7,14,20-21H,8-9,11H2,1-3H3. The topological polar surface area (TPSA) is 107 Å². The summed E-state index contributed by atoms with van der Waals surface area (Å²) >= 11 is 3.13. The summed E-state index contributed by atoms with van der Waals surface area (Å²) in [5, 5.41) is 9.58. The van der Waals surface area contributed by atoms with Gasteiger partial charge in [0.05, 0.1) is 68.8 Å². The molecule has 6 rings (SSSR count). The summed E-state index contributed by atoms with van der Waals surface area (Å²) in [5.74, 6) is -4.08. The van der Waals surface area contributed by atoms with Crippen LogP contribution in [0.15, 0.2) is 24.4 Å². The molecule has 3 fully saturated rings. The Hall–Kier alpha value is -3.05. The Kier molecular flexibility index (Phi) is 5.86. The van der Waals surface area contributed by atoms with Crippen molar-refractivity contribution in [1.29, 1.82) is 5.26 Å². The lowest BCUT2D eigenvalue weighted by atomic mass is 9.87. The van der Waals surface area contributed by atoms with Crippen LogP contribution >= 0.6 is 34.2 Å². The lowest BCUT2D eigenvalue weighted by Gasteiger charge is -2.39. The summed E-state index contributed by atoms with van der Waals surface area (Å²) in [4.78, 5) is 50.1. The number of aryl methyl sites for hydroxylation is 1. The molecule has 3 aromatic rings. The minimum Gasteiger partial charge on any atom is -0.277 e. The number of alkyl halides is 2. The Balaban J connectivity index is 1.38. The number of fused-ring (bicyclic) bond motifs is 2. The maximum Gasteiger partial charge on any atom is 0.265 e. The summed E-state index contributed by atoms with van der Waals surface area (Å²) in [5.41, 5.74) is 2.08. The van der Waals surface area contributed by atoms with Gasteiger partial charge in [-0.05, 0) is 30.5 Å². The fraction of sp³-hybridized carbons (Fsp3) is 0.407. The summed E-state index contributed by atoms with van der Waals surface area (Å²) in [6.07, 6.45) is 0.781. The van der Waals surface area contributed by atoms with Crippen molar-refractivity contribution in [3.8, 4) is 17.2 Å². The van der Waals surface area contributed by atoms with Crippen molar-refractivity contribution in [2.75, 3.05) is 0 Å². The lowest BCUT2D eigenvalue weighted by Crippen LogP contribution is -2.49. The molecular weight excluding hydrogens is 639 g/mol. The van der Waals surface area contributed by atoms with E-state index in [-0.39, 0.29) is 46.9 Å². The fourth-order valence-corrected chi connectivity index (χ4v) is 7.63. The van der Waals surface area contributed by atoms with Crippen molar-refractivity contribution in [2.24, 2.45) is 17.3 Å². The molecule has 3 aliphatic rings. The highest BCUT2D eigenvalue weighted by molar-refractivity contribution is 14.1. The van der Waals surface area contributed by atoms with E-state index < -0.39 is 30.7 Å². The van der Waals surface area contributed by atoms with E-state index in [2.05, 4.69) is 9.97 Å². The molecule has 0 spiro atoms. The third-order valence-electron chi connectivity index (χ3n) is 8.07. The number of carbonyl (C=O) groups is 3. The molecule has 2 atom stereocenters. The molecule has 3 aromatic heterocycles. The molecule has 1 saturated heterocycles.